The molecule has 0 radical (unpaired) electrons. The maximum atomic E-state index is 12.9. The largest absolute Gasteiger partial charge is 0.375 e. The van der Waals surface area contributed by atoms with E-state index in [4.69, 9.17) is 16.3 Å². The highest BCUT2D eigenvalue weighted by Gasteiger charge is 2.49. The van der Waals surface area contributed by atoms with Crippen LogP contribution in [0.4, 0.5) is 0 Å². The van der Waals surface area contributed by atoms with Crippen molar-refractivity contribution in [3.05, 3.63) is 34.9 Å². The average molecular weight is 373 g/mol. The highest BCUT2D eigenvalue weighted by molar-refractivity contribution is 6.30. The first-order chi connectivity index (χ1) is 11.2. The molecule has 3 rings (SSSR count). The molecule has 1 heterocycles. The summed E-state index contributed by atoms with van der Waals surface area (Å²) in [6.07, 6.45) is 4.36. The van der Waals surface area contributed by atoms with Crippen LogP contribution in [-0.2, 0) is 9.53 Å². The van der Waals surface area contributed by atoms with Crippen molar-refractivity contribution in [2.24, 2.45) is 11.3 Å². The van der Waals surface area contributed by atoms with E-state index >= 15 is 0 Å². The molecular weight excluding hydrogens is 347 g/mol. The minimum absolute atomic E-state index is 0. The van der Waals surface area contributed by atoms with Crippen LogP contribution >= 0.6 is 24.0 Å². The lowest BCUT2D eigenvalue weighted by molar-refractivity contribution is -0.134. The predicted octanol–water partition coefficient (Wildman–Crippen LogP) is 3.35. The SMILES string of the molecule is COC(CNC(=O)[C@@]12CCCC[C@H]1CNC2)c1cccc(Cl)c1.Cl. The van der Waals surface area contributed by atoms with Crippen LogP contribution in [0.5, 0.6) is 0 Å². The summed E-state index contributed by atoms with van der Waals surface area (Å²) in [7, 11) is 1.66. The molecule has 2 N–H and O–H groups in total. The lowest BCUT2D eigenvalue weighted by Crippen LogP contribution is -2.48. The second-order valence-electron chi connectivity index (χ2n) is 6.72. The van der Waals surface area contributed by atoms with Crippen molar-refractivity contribution in [1.29, 1.82) is 0 Å². The summed E-state index contributed by atoms with van der Waals surface area (Å²) in [4.78, 5) is 12.9. The molecule has 0 aromatic heterocycles. The Labute approximate surface area is 155 Å². The molecule has 4 nitrogen and oxygen atoms in total. The average Bonchev–Trinajstić information content (AvgIpc) is 3.00. The van der Waals surface area contributed by atoms with Crippen LogP contribution < -0.4 is 10.6 Å². The zero-order valence-corrected chi connectivity index (χ0v) is 15.6. The lowest BCUT2D eigenvalue weighted by atomic mass is 9.67. The molecule has 3 atom stereocenters. The van der Waals surface area contributed by atoms with Gasteiger partial charge in [0, 0.05) is 25.2 Å². The zero-order valence-electron chi connectivity index (χ0n) is 14.0. The van der Waals surface area contributed by atoms with Gasteiger partial charge in [-0.2, -0.15) is 0 Å². The summed E-state index contributed by atoms with van der Waals surface area (Å²) in [5.41, 5.74) is 0.771. The quantitative estimate of drug-likeness (QED) is 0.832. The summed E-state index contributed by atoms with van der Waals surface area (Å²) in [6, 6.07) is 7.61. The third-order valence-electron chi connectivity index (χ3n) is 5.44. The number of rotatable bonds is 5. The van der Waals surface area contributed by atoms with Crippen molar-refractivity contribution in [2.45, 2.75) is 31.8 Å². The highest BCUT2D eigenvalue weighted by atomic mass is 35.5. The van der Waals surface area contributed by atoms with Crippen LogP contribution in [0.15, 0.2) is 24.3 Å². The normalized spacial score (nSPS) is 27.0. The number of fused-ring (bicyclic) bond motifs is 1. The Morgan fingerprint density at radius 1 is 1.50 bits per heavy atom. The molecule has 2 fully saturated rings. The third-order valence-corrected chi connectivity index (χ3v) is 5.68. The molecule has 1 saturated carbocycles. The van der Waals surface area contributed by atoms with Crippen molar-refractivity contribution < 1.29 is 9.53 Å². The topological polar surface area (TPSA) is 50.4 Å². The Kier molecular flexibility index (Phi) is 6.93. The summed E-state index contributed by atoms with van der Waals surface area (Å²) >= 11 is 6.05. The number of halogens is 2. The monoisotopic (exact) mass is 372 g/mol. The molecule has 0 spiro atoms. The fourth-order valence-corrected chi connectivity index (χ4v) is 4.29. The Morgan fingerprint density at radius 2 is 2.33 bits per heavy atom. The molecule has 1 aromatic rings. The minimum Gasteiger partial charge on any atom is -0.375 e. The summed E-state index contributed by atoms with van der Waals surface area (Å²) in [5, 5.41) is 7.24. The molecule has 2 aliphatic rings. The molecule has 6 heteroatoms. The number of nitrogens with one attached hydrogen (secondary N) is 2. The first-order valence-electron chi connectivity index (χ1n) is 8.43. The van der Waals surface area contributed by atoms with Gasteiger partial charge in [0.05, 0.1) is 11.5 Å². The molecule has 134 valence electrons. The first kappa shape index (κ1) is 19.5. The van der Waals surface area contributed by atoms with Crippen molar-refractivity contribution in [3.63, 3.8) is 0 Å². The van der Waals surface area contributed by atoms with Crippen molar-refractivity contribution in [2.75, 3.05) is 26.7 Å². The Hall–Kier alpha value is -0.810. The molecule has 1 aliphatic carbocycles. The van der Waals surface area contributed by atoms with Gasteiger partial charge in [0.25, 0.3) is 0 Å². The molecule has 0 bridgehead atoms. The van der Waals surface area contributed by atoms with E-state index in [0.29, 0.717) is 17.5 Å². The number of ether oxygens (including phenoxy) is 1. The van der Waals surface area contributed by atoms with E-state index in [1.807, 2.05) is 24.3 Å². The van der Waals surface area contributed by atoms with Crippen LogP contribution in [0.1, 0.15) is 37.4 Å². The molecule has 1 saturated heterocycles. The van der Waals surface area contributed by atoms with Gasteiger partial charge in [0.15, 0.2) is 0 Å². The first-order valence-corrected chi connectivity index (χ1v) is 8.81. The molecular formula is C18H26Cl2N2O2. The number of hydrogen-bond donors (Lipinski definition) is 2. The number of methoxy groups -OCH3 is 1. The Balaban J connectivity index is 0.00000208. The van der Waals surface area contributed by atoms with E-state index in [-0.39, 0.29) is 29.8 Å². The summed E-state index contributed by atoms with van der Waals surface area (Å²) < 4.78 is 5.55. The van der Waals surface area contributed by atoms with Gasteiger partial charge in [-0.1, -0.05) is 36.6 Å². The number of carbonyl (C=O) groups excluding carboxylic acids is 1. The fourth-order valence-electron chi connectivity index (χ4n) is 4.10. The van der Waals surface area contributed by atoms with Gasteiger partial charge < -0.3 is 15.4 Å². The van der Waals surface area contributed by atoms with Gasteiger partial charge >= 0.3 is 0 Å². The van der Waals surface area contributed by atoms with E-state index in [0.717, 1.165) is 37.9 Å². The minimum atomic E-state index is -0.217. The van der Waals surface area contributed by atoms with Crippen molar-refractivity contribution >= 4 is 29.9 Å². The third kappa shape index (κ3) is 3.88. The van der Waals surface area contributed by atoms with Gasteiger partial charge in [-0.05, 0) is 43.0 Å². The summed E-state index contributed by atoms with van der Waals surface area (Å²) in [5.74, 6) is 0.652. The number of amides is 1. The lowest BCUT2D eigenvalue weighted by Gasteiger charge is -2.37. The highest BCUT2D eigenvalue weighted by Crippen LogP contribution is 2.43. The van der Waals surface area contributed by atoms with Crippen LogP contribution in [0.2, 0.25) is 5.02 Å². The number of hydrogen-bond acceptors (Lipinski definition) is 3. The molecule has 1 aliphatic heterocycles. The predicted molar refractivity (Wildman–Crippen MR) is 98.7 cm³/mol. The molecule has 1 amide bonds. The van der Waals surface area contributed by atoms with E-state index in [1.54, 1.807) is 7.11 Å². The molecule has 24 heavy (non-hydrogen) atoms. The van der Waals surface area contributed by atoms with Crippen LogP contribution in [0.3, 0.4) is 0 Å². The van der Waals surface area contributed by atoms with Crippen molar-refractivity contribution in [3.8, 4) is 0 Å². The number of carbonyl (C=O) groups is 1. The zero-order chi connectivity index (χ0) is 16.3. The maximum absolute atomic E-state index is 12.9. The van der Waals surface area contributed by atoms with Gasteiger partial charge in [-0.15, -0.1) is 12.4 Å². The van der Waals surface area contributed by atoms with E-state index < -0.39 is 0 Å². The van der Waals surface area contributed by atoms with E-state index in [2.05, 4.69) is 10.6 Å². The van der Waals surface area contributed by atoms with Gasteiger partial charge in [0.2, 0.25) is 5.91 Å². The van der Waals surface area contributed by atoms with Crippen LogP contribution in [-0.4, -0.2) is 32.7 Å². The van der Waals surface area contributed by atoms with E-state index in [9.17, 15) is 4.79 Å². The van der Waals surface area contributed by atoms with E-state index in [1.165, 1.54) is 6.42 Å². The van der Waals surface area contributed by atoms with Crippen LogP contribution in [0.25, 0.3) is 0 Å². The van der Waals surface area contributed by atoms with Gasteiger partial charge in [-0.25, -0.2) is 0 Å². The smallest absolute Gasteiger partial charge is 0.227 e. The second-order valence-corrected chi connectivity index (χ2v) is 7.16. The van der Waals surface area contributed by atoms with Gasteiger partial charge in [0.1, 0.15) is 0 Å². The maximum Gasteiger partial charge on any atom is 0.227 e. The Bertz CT molecular complexity index is 570. The molecule has 1 aromatic carbocycles. The fraction of sp³-hybridized carbons (Fsp3) is 0.611. The second kappa shape index (κ2) is 8.52. The Morgan fingerprint density at radius 3 is 3.08 bits per heavy atom. The van der Waals surface area contributed by atoms with Crippen molar-refractivity contribution in [1.82, 2.24) is 10.6 Å². The number of benzene rings is 1. The molecule has 1 unspecified atom stereocenters. The van der Waals surface area contributed by atoms with Gasteiger partial charge in [-0.3, -0.25) is 4.79 Å². The van der Waals surface area contributed by atoms with Crippen LogP contribution in [0, 0.1) is 11.3 Å². The standard InChI is InChI=1S/C18H25ClN2O2.ClH/c1-23-16(13-5-4-7-15(19)9-13)11-21-17(22)18-8-3-2-6-14(18)10-20-12-18;/h4-5,7,9,14,16,20H,2-3,6,8,10-12H2,1H3,(H,21,22);1H/t14-,16?,18+;/m0./s1. The summed E-state index contributed by atoms with van der Waals surface area (Å²) in [6.45, 7) is 2.25.